The number of rotatable bonds is 8. The van der Waals surface area contributed by atoms with Gasteiger partial charge in [0.25, 0.3) is 0 Å². The van der Waals surface area contributed by atoms with Crippen LogP contribution in [0, 0.1) is 22.7 Å². The fourth-order valence-corrected chi connectivity index (χ4v) is 2.13. The van der Waals surface area contributed by atoms with Crippen molar-refractivity contribution in [1.82, 2.24) is 0 Å². The monoisotopic (exact) mass is 329 g/mol. The fraction of sp³-hybridized carbons (Fsp3) is 0.353. The SMILES string of the molecule is CC(=N)/C=C(\O)Nc1cc(N[C@H](CC(C)C)C(N)=O)ccc1C#N. The Morgan fingerprint density at radius 3 is 2.67 bits per heavy atom. The molecule has 0 spiro atoms. The van der Waals surface area contributed by atoms with E-state index in [2.05, 4.69) is 10.6 Å². The predicted molar refractivity (Wildman–Crippen MR) is 95.0 cm³/mol. The van der Waals surface area contributed by atoms with Crippen LogP contribution in [0.25, 0.3) is 0 Å². The van der Waals surface area contributed by atoms with Crippen LogP contribution in [0.15, 0.2) is 30.2 Å². The summed E-state index contributed by atoms with van der Waals surface area (Å²) in [6.45, 7) is 5.50. The smallest absolute Gasteiger partial charge is 0.239 e. The molecule has 1 rings (SSSR count). The van der Waals surface area contributed by atoms with E-state index >= 15 is 0 Å². The Hall–Kier alpha value is -3.01. The zero-order chi connectivity index (χ0) is 18.3. The number of nitrogens with zero attached hydrogens (tertiary/aromatic N) is 1. The minimum atomic E-state index is -0.529. The molecule has 1 aromatic carbocycles. The molecule has 128 valence electrons. The number of aliphatic hydroxyl groups excluding tert-OH is 1. The number of carbonyl (C=O) groups is 1. The van der Waals surface area contributed by atoms with Gasteiger partial charge in [0.05, 0.1) is 11.3 Å². The lowest BCUT2D eigenvalue weighted by molar-refractivity contribution is -0.119. The van der Waals surface area contributed by atoms with Crippen molar-refractivity contribution in [2.24, 2.45) is 11.7 Å². The molecular weight excluding hydrogens is 306 g/mol. The van der Waals surface area contributed by atoms with E-state index in [0.29, 0.717) is 23.4 Å². The highest BCUT2D eigenvalue weighted by Crippen LogP contribution is 2.23. The molecule has 0 unspecified atom stereocenters. The van der Waals surface area contributed by atoms with Crippen LogP contribution in [-0.2, 0) is 4.79 Å². The summed E-state index contributed by atoms with van der Waals surface area (Å²) < 4.78 is 0. The van der Waals surface area contributed by atoms with Crippen LogP contribution in [0.1, 0.15) is 32.8 Å². The van der Waals surface area contributed by atoms with E-state index < -0.39 is 11.9 Å². The Balaban J connectivity index is 3.06. The molecule has 0 bridgehead atoms. The highest BCUT2D eigenvalue weighted by atomic mass is 16.3. The molecule has 0 heterocycles. The Morgan fingerprint density at radius 2 is 2.17 bits per heavy atom. The normalized spacial score (nSPS) is 12.4. The summed E-state index contributed by atoms with van der Waals surface area (Å²) in [5, 5.41) is 32.0. The molecular formula is C17H23N5O2. The first-order chi connectivity index (χ1) is 11.2. The number of nitrogens with two attached hydrogens (primary N) is 1. The van der Waals surface area contributed by atoms with Crippen molar-refractivity contribution in [3.63, 3.8) is 0 Å². The molecule has 0 aliphatic heterocycles. The van der Waals surface area contributed by atoms with E-state index in [9.17, 15) is 9.90 Å². The van der Waals surface area contributed by atoms with Gasteiger partial charge in [-0.15, -0.1) is 0 Å². The van der Waals surface area contributed by atoms with Gasteiger partial charge < -0.3 is 26.9 Å². The summed E-state index contributed by atoms with van der Waals surface area (Å²) in [4.78, 5) is 11.6. The van der Waals surface area contributed by atoms with Crippen LogP contribution in [-0.4, -0.2) is 22.8 Å². The lowest BCUT2D eigenvalue weighted by Crippen LogP contribution is -2.36. The second kappa shape index (κ2) is 8.58. The van der Waals surface area contributed by atoms with Crippen LogP contribution in [0.2, 0.25) is 0 Å². The van der Waals surface area contributed by atoms with Crippen LogP contribution in [0.3, 0.4) is 0 Å². The predicted octanol–water partition coefficient (Wildman–Crippen LogP) is 2.72. The van der Waals surface area contributed by atoms with Crippen molar-refractivity contribution in [3.8, 4) is 6.07 Å². The number of nitriles is 1. The van der Waals surface area contributed by atoms with Crippen molar-refractivity contribution in [3.05, 3.63) is 35.7 Å². The van der Waals surface area contributed by atoms with E-state index in [0.717, 1.165) is 0 Å². The highest BCUT2D eigenvalue weighted by molar-refractivity contribution is 5.90. The largest absolute Gasteiger partial charge is 0.495 e. The fourth-order valence-electron chi connectivity index (χ4n) is 2.13. The number of allylic oxidation sites excluding steroid dienone is 1. The standard InChI is InChI=1S/C17H23N5O2/c1-10(2)6-15(17(20)24)21-13-5-4-12(9-18)14(8-13)22-16(23)7-11(3)19/h4-5,7-8,10,15,19,21-23H,6H2,1-3H3,(H2,20,24)/b16-7-,19-11?/t15-/m1/s1. The number of aliphatic hydroxyl groups is 1. The molecule has 0 aliphatic carbocycles. The maximum atomic E-state index is 11.6. The second-order valence-electron chi connectivity index (χ2n) is 5.94. The number of amides is 1. The minimum Gasteiger partial charge on any atom is -0.495 e. The number of nitrogens with one attached hydrogen (secondary N) is 3. The molecule has 0 saturated carbocycles. The second-order valence-corrected chi connectivity index (χ2v) is 5.94. The van der Waals surface area contributed by atoms with E-state index in [1.807, 2.05) is 19.9 Å². The van der Waals surface area contributed by atoms with Gasteiger partial charge in [0.1, 0.15) is 12.1 Å². The topological polar surface area (TPSA) is 135 Å². The molecule has 7 nitrogen and oxygen atoms in total. The molecule has 24 heavy (non-hydrogen) atoms. The van der Waals surface area contributed by atoms with Crippen molar-refractivity contribution < 1.29 is 9.90 Å². The number of hydrogen-bond donors (Lipinski definition) is 5. The molecule has 0 saturated heterocycles. The van der Waals surface area contributed by atoms with Crippen LogP contribution in [0.4, 0.5) is 11.4 Å². The molecule has 0 aliphatic rings. The first kappa shape index (κ1) is 19.0. The third kappa shape index (κ3) is 6.01. The van der Waals surface area contributed by atoms with E-state index in [1.54, 1.807) is 18.2 Å². The molecule has 7 heteroatoms. The van der Waals surface area contributed by atoms with Gasteiger partial charge in [0.15, 0.2) is 5.88 Å². The molecule has 0 radical (unpaired) electrons. The Labute approximate surface area is 141 Å². The van der Waals surface area contributed by atoms with Gasteiger partial charge in [0.2, 0.25) is 5.91 Å². The van der Waals surface area contributed by atoms with Gasteiger partial charge in [-0.05, 0) is 37.5 Å². The molecule has 6 N–H and O–H groups in total. The molecule has 1 amide bonds. The maximum Gasteiger partial charge on any atom is 0.239 e. The van der Waals surface area contributed by atoms with Crippen molar-refractivity contribution >= 4 is 23.0 Å². The van der Waals surface area contributed by atoms with Gasteiger partial charge in [-0.1, -0.05) is 13.8 Å². The van der Waals surface area contributed by atoms with E-state index in [-0.39, 0.29) is 17.5 Å². The van der Waals surface area contributed by atoms with Crippen molar-refractivity contribution in [2.75, 3.05) is 10.6 Å². The van der Waals surface area contributed by atoms with Gasteiger partial charge >= 0.3 is 0 Å². The first-order valence-electron chi connectivity index (χ1n) is 7.55. The molecule has 0 fully saturated rings. The molecule has 1 atom stereocenters. The number of carbonyl (C=O) groups excluding carboxylic acids is 1. The van der Waals surface area contributed by atoms with Crippen molar-refractivity contribution in [1.29, 1.82) is 10.7 Å². The Kier molecular flexibility index (Phi) is 6.80. The zero-order valence-corrected chi connectivity index (χ0v) is 14.1. The lowest BCUT2D eigenvalue weighted by Gasteiger charge is -2.19. The number of benzene rings is 1. The van der Waals surface area contributed by atoms with Crippen LogP contribution < -0.4 is 16.4 Å². The average molecular weight is 329 g/mol. The summed E-state index contributed by atoms with van der Waals surface area (Å²) in [5.74, 6) is -0.414. The van der Waals surface area contributed by atoms with Gasteiger partial charge in [-0.25, -0.2) is 0 Å². The number of hydrogen-bond acceptors (Lipinski definition) is 6. The summed E-state index contributed by atoms with van der Waals surface area (Å²) in [6.07, 6.45) is 1.81. The third-order valence-electron chi connectivity index (χ3n) is 3.15. The average Bonchev–Trinajstić information content (AvgIpc) is 2.45. The Bertz CT molecular complexity index is 689. The van der Waals surface area contributed by atoms with Crippen molar-refractivity contribution in [2.45, 2.75) is 33.2 Å². The van der Waals surface area contributed by atoms with Crippen LogP contribution >= 0.6 is 0 Å². The summed E-state index contributed by atoms with van der Waals surface area (Å²) in [5.41, 5.74) is 6.87. The summed E-state index contributed by atoms with van der Waals surface area (Å²) in [7, 11) is 0. The maximum absolute atomic E-state index is 11.6. The lowest BCUT2D eigenvalue weighted by atomic mass is 10.0. The summed E-state index contributed by atoms with van der Waals surface area (Å²) >= 11 is 0. The molecule has 1 aromatic rings. The van der Waals surface area contributed by atoms with Crippen LogP contribution in [0.5, 0.6) is 0 Å². The zero-order valence-electron chi connectivity index (χ0n) is 14.1. The number of primary amides is 1. The Morgan fingerprint density at radius 1 is 1.50 bits per heavy atom. The molecule has 0 aromatic heterocycles. The quantitative estimate of drug-likeness (QED) is 0.369. The van der Waals surface area contributed by atoms with Gasteiger partial charge in [-0.2, -0.15) is 5.26 Å². The first-order valence-corrected chi connectivity index (χ1v) is 7.55. The summed E-state index contributed by atoms with van der Waals surface area (Å²) in [6, 6.07) is 6.34. The van der Waals surface area contributed by atoms with Gasteiger partial charge in [-0.3, -0.25) is 4.79 Å². The third-order valence-corrected chi connectivity index (χ3v) is 3.15. The van der Waals surface area contributed by atoms with E-state index in [1.165, 1.54) is 13.0 Å². The highest BCUT2D eigenvalue weighted by Gasteiger charge is 2.17. The number of anilines is 2. The minimum absolute atomic E-state index is 0.165. The van der Waals surface area contributed by atoms with E-state index in [4.69, 9.17) is 16.4 Å². The van der Waals surface area contributed by atoms with Gasteiger partial charge in [0, 0.05) is 17.5 Å².